The first-order valence-electron chi connectivity index (χ1n) is 9.20. The third-order valence-electron chi connectivity index (χ3n) is 4.69. The maximum Gasteiger partial charge on any atom is 0.259 e. The molecular weight excluding hydrogens is 350 g/mol. The highest BCUT2D eigenvalue weighted by molar-refractivity contribution is 5.86. The van der Waals surface area contributed by atoms with Gasteiger partial charge in [0, 0.05) is 11.3 Å². The van der Waals surface area contributed by atoms with Gasteiger partial charge in [0.1, 0.15) is 0 Å². The van der Waals surface area contributed by atoms with Crippen LogP contribution in [0.1, 0.15) is 28.1 Å². The molecule has 1 amide bonds. The van der Waals surface area contributed by atoms with Crippen LogP contribution in [0.5, 0.6) is 0 Å². The predicted octanol–water partition coefficient (Wildman–Crippen LogP) is 3.67. The Balaban J connectivity index is 1.60. The van der Waals surface area contributed by atoms with E-state index in [1.807, 2.05) is 74.0 Å². The zero-order valence-electron chi connectivity index (χ0n) is 16.7. The van der Waals surface area contributed by atoms with E-state index in [0.29, 0.717) is 0 Å². The van der Waals surface area contributed by atoms with Crippen LogP contribution in [0, 0.1) is 27.7 Å². The van der Waals surface area contributed by atoms with Gasteiger partial charge >= 0.3 is 0 Å². The lowest BCUT2D eigenvalue weighted by atomic mass is 10.1. The zero-order valence-corrected chi connectivity index (χ0v) is 16.7. The summed E-state index contributed by atoms with van der Waals surface area (Å²) in [4.78, 5) is 12.0. The minimum absolute atomic E-state index is 0.154. The summed E-state index contributed by atoms with van der Waals surface area (Å²) in [6.07, 6.45) is 1.64. The van der Waals surface area contributed by atoms with Gasteiger partial charge in [0.2, 0.25) is 0 Å². The number of nitrogens with one attached hydrogen (secondary N) is 2. The van der Waals surface area contributed by atoms with Gasteiger partial charge in [0.15, 0.2) is 0 Å². The number of rotatable bonds is 6. The van der Waals surface area contributed by atoms with Gasteiger partial charge in [0.25, 0.3) is 5.91 Å². The summed E-state index contributed by atoms with van der Waals surface area (Å²) in [6.45, 7) is 8.17. The van der Waals surface area contributed by atoms with E-state index >= 15 is 0 Å². The molecule has 6 heteroatoms. The first-order valence-corrected chi connectivity index (χ1v) is 9.20. The SMILES string of the molecule is Cc1ccc(NCC(=O)N/N=C\c2c(C)nn(-c3ccccc3)c2C)cc1C. The largest absolute Gasteiger partial charge is 0.376 e. The van der Waals surface area contributed by atoms with E-state index in [9.17, 15) is 4.79 Å². The fourth-order valence-electron chi connectivity index (χ4n) is 2.90. The Hall–Kier alpha value is -3.41. The molecule has 0 spiro atoms. The number of benzene rings is 2. The molecule has 0 aliphatic heterocycles. The second-order valence-corrected chi connectivity index (χ2v) is 6.78. The van der Waals surface area contributed by atoms with Crippen molar-refractivity contribution in [2.45, 2.75) is 27.7 Å². The van der Waals surface area contributed by atoms with Crippen molar-refractivity contribution in [3.05, 3.63) is 76.6 Å². The van der Waals surface area contributed by atoms with Gasteiger partial charge in [-0.2, -0.15) is 10.2 Å². The molecule has 0 bridgehead atoms. The van der Waals surface area contributed by atoms with Crippen LogP contribution in [-0.4, -0.2) is 28.4 Å². The molecule has 2 N–H and O–H groups in total. The topological polar surface area (TPSA) is 71.3 Å². The molecule has 1 heterocycles. The third kappa shape index (κ3) is 4.46. The number of hydrazone groups is 1. The molecule has 0 saturated carbocycles. The Morgan fingerprint density at radius 2 is 1.82 bits per heavy atom. The van der Waals surface area contributed by atoms with Crippen LogP contribution < -0.4 is 10.7 Å². The number of carbonyl (C=O) groups excluding carboxylic acids is 1. The van der Waals surface area contributed by atoms with E-state index in [1.165, 1.54) is 11.1 Å². The highest BCUT2D eigenvalue weighted by Gasteiger charge is 2.11. The molecule has 0 fully saturated rings. The summed E-state index contributed by atoms with van der Waals surface area (Å²) in [5.41, 5.74) is 9.59. The van der Waals surface area contributed by atoms with Gasteiger partial charge in [0.05, 0.1) is 29.8 Å². The molecule has 6 nitrogen and oxygen atoms in total. The number of para-hydroxylation sites is 1. The van der Waals surface area contributed by atoms with Gasteiger partial charge in [-0.1, -0.05) is 24.3 Å². The molecule has 0 unspecified atom stereocenters. The van der Waals surface area contributed by atoms with Crippen LogP contribution >= 0.6 is 0 Å². The minimum atomic E-state index is -0.208. The first-order chi connectivity index (χ1) is 13.5. The Morgan fingerprint density at radius 1 is 1.07 bits per heavy atom. The standard InChI is InChI=1S/C22H25N5O/c1-15-10-11-19(12-16(15)2)23-14-22(28)25-24-13-21-17(3)26-27(18(21)4)20-8-6-5-7-9-20/h5-13,23H,14H2,1-4H3,(H,25,28)/b24-13-. The number of hydrogen-bond acceptors (Lipinski definition) is 4. The first kappa shape index (κ1) is 19.4. The average Bonchev–Trinajstić information content (AvgIpc) is 2.98. The molecule has 0 aliphatic carbocycles. The molecule has 3 aromatic rings. The molecule has 3 rings (SSSR count). The summed E-state index contributed by atoms with van der Waals surface area (Å²) in [5.74, 6) is -0.208. The summed E-state index contributed by atoms with van der Waals surface area (Å²) in [7, 11) is 0. The van der Waals surface area contributed by atoms with E-state index in [-0.39, 0.29) is 12.5 Å². The number of carbonyl (C=O) groups is 1. The third-order valence-corrected chi connectivity index (χ3v) is 4.69. The maximum atomic E-state index is 12.0. The average molecular weight is 375 g/mol. The van der Waals surface area contributed by atoms with E-state index in [2.05, 4.69) is 27.9 Å². The van der Waals surface area contributed by atoms with Gasteiger partial charge < -0.3 is 5.32 Å². The van der Waals surface area contributed by atoms with Gasteiger partial charge in [-0.15, -0.1) is 0 Å². The van der Waals surface area contributed by atoms with Crippen molar-refractivity contribution in [2.24, 2.45) is 5.10 Å². The van der Waals surface area contributed by atoms with E-state index in [0.717, 1.165) is 28.3 Å². The molecule has 0 atom stereocenters. The molecule has 28 heavy (non-hydrogen) atoms. The van der Waals surface area contributed by atoms with E-state index < -0.39 is 0 Å². The van der Waals surface area contributed by atoms with Crippen LogP contribution in [0.3, 0.4) is 0 Å². The Morgan fingerprint density at radius 3 is 2.54 bits per heavy atom. The second kappa shape index (κ2) is 8.52. The van der Waals surface area contributed by atoms with Crippen LogP contribution in [0.25, 0.3) is 5.69 Å². The number of amides is 1. The normalized spacial score (nSPS) is 11.0. The Bertz CT molecular complexity index is 1010. The van der Waals surface area contributed by atoms with Crippen molar-refractivity contribution in [2.75, 3.05) is 11.9 Å². The fourth-order valence-corrected chi connectivity index (χ4v) is 2.90. The van der Waals surface area contributed by atoms with Crippen molar-refractivity contribution in [1.29, 1.82) is 0 Å². The molecule has 2 aromatic carbocycles. The highest BCUT2D eigenvalue weighted by Crippen LogP contribution is 2.16. The summed E-state index contributed by atoms with van der Waals surface area (Å²) >= 11 is 0. The number of aromatic nitrogens is 2. The zero-order chi connectivity index (χ0) is 20.1. The van der Waals surface area contributed by atoms with Crippen LogP contribution in [0.4, 0.5) is 5.69 Å². The quantitative estimate of drug-likeness (QED) is 0.510. The highest BCUT2D eigenvalue weighted by atomic mass is 16.2. The van der Waals surface area contributed by atoms with Crippen LogP contribution in [-0.2, 0) is 4.79 Å². The monoisotopic (exact) mass is 375 g/mol. The predicted molar refractivity (Wildman–Crippen MR) is 113 cm³/mol. The lowest BCUT2D eigenvalue weighted by molar-refractivity contribution is -0.119. The Kier molecular flexibility index (Phi) is 5.89. The van der Waals surface area contributed by atoms with Gasteiger partial charge in [-0.25, -0.2) is 10.1 Å². The molecule has 0 saturated heterocycles. The number of nitrogens with zero attached hydrogens (tertiary/aromatic N) is 3. The van der Waals surface area contributed by atoms with Gasteiger partial charge in [-0.05, 0) is 63.1 Å². The molecular formula is C22H25N5O. The van der Waals surface area contributed by atoms with Crippen molar-refractivity contribution < 1.29 is 4.79 Å². The van der Waals surface area contributed by atoms with Crippen molar-refractivity contribution in [3.8, 4) is 5.69 Å². The van der Waals surface area contributed by atoms with E-state index in [1.54, 1.807) is 6.21 Å². The molecule has 0 radical (unpaired) electrons. The van der Waals surface area contributed by atoms with Crippen LogP contribution in [0.15, 0.2) is 53.6 Å². The van der Waals surface area contributed by atoms with Crippen molar-refractivity contribution in [1.82, 2.24) is 15.2 Å². The lowest BCUT2D eigenvalue weighted by Gasteiger charge is -2.07. The number of aryl methyl sites for hydroxylation is 3. The summed E-state index contributed by atoms with van der Waals surface area (Å²) in [5, 5.41) is 11.8. The number of hydrogen-bond donors (Lipinski definition) is 2. The molecule has 1 aromatic heterocycles. The molecule has 144 valence electrons. The maximum absolute atomic E-state index is 12.0. The minimum Gasteiger partial charge on any atom is -0.376 e. The molecule has 0 aliphatic rings. The number of anilines is 1. The lowest BCUT2D eigenvalue weighted by Crippen LogP contribution is -2.26. The van der Waals surface area contributed by atoms with Crippen molar-refractivity contribution in [3.63, 3.8) is 0 Å². The fraction of sp³-hybridized carbons (Fsp3) is 0.227. The summed E-state index contributed by atoms with van der Waals surface area (Å²) in [6, 6.07) is 15.9. The van der Waals surface area contributed by atoms with Crippen molar-refractivity contribution >= 4 is 17.8 Å². The van der Waals surface area contributed by atoms with E-state index in [4.69, 9.17) is 0 Å². The van der Waals surface area contributed by atoms with Crippen LogP contribution in [0.2, 0.25) is 0 Å². The Labute approximate surface area is 165 Å². The van der Waals surface area contributed by atoms with Gasteiger partial charge in [-0.3, -0.25) is 4.79 Å². The summed E-state index contributed by atoms with van der Waals surface area (Å²) < 4.78 is 1.87. The second-order valence-electron chi connectivity index (χ2n) is 6.78. The smallest absolute Gasteiger partial charge is 0.259 e.